The van der Waals surface area contributed by atoms with Gasteiger partial charge in [-0.25, -0.2) is 0 Å². The zero-order valence-electron chi connectivity index (χ0n) is 22.0. The molecule has 0 spiro atoms. The third kappa shape index (κ3) is 13.7. The topological polar surface area (TPSA) is 221 Å². The molecule has 0 rings (SSSR count). The third-order valence-corrected chi connectivity index (χ3v) is 6.42. The van der Waals surface area contributed by atoms with Crippen molar-refractivity contribution in [3.63, 3.8) is 0 Å². The zero-order valence-corrected chi connectivity index (χ0v) is 23.6. The van der Waals surface area contributed by atoms with E-state index in [1.54, 1.807) is 13.8 Å². The summed E-state index contributed by atoms with van der Waals surface area (Å²) in [7, 11) is 0. The van der Waals surface area contributed by atoms with Crippen molar-refractivity contribution in [1.82, 2.24) is 21.3 Å². The molecule has 0 aromatic carbocycles. The molecule has 0 aromatic rings. The van der Waals surface area contributed by atoms with Crippen LogP contribution >= 0.6 is 23.4 Å². The van der Waals surface area contributed by atoms with Gasteiger partial charge in [0, 0.05) is 13.5 Å². The maximum atomic E-state index is 13.2. The van der Waals surface area contributed by atoms with Crippen LogP contribution in [0.4, 0.5) is 0 Å². The molecule has 37 heavy (non-hydrogen) atoms. The van der Waals surface area contributed by atoms with E-state index in [1.165, 1.54) is 25.6 Å². The molecule has 0 aromatic heterocycles. The van der Waals surface area contributed by atoms with Gasteiger partial charge < -0.3 is 42.9 Å². The number of aliphatic imine (C=N–C) groups is 1. The van der Waals surface area contributed by atoms with Crippen molar-refractivity contribution in [2.24, 2.45) is 22.4 Å². The molecule has 0 aliphatic carbocycles. The highest BCUT2D eigenvalue weighted by molar-refractivity contribution is 7.98. The van der Waals surface area contributed by atoms with Gasteiger partial charge in [0.15, 0.2) is 11.7 Å². The van der Waals surface area contributed by atoms with Gasteiger partial charge in [-0.1, -0.05) is 13.8 Å². The molecular weight excluding hydrogens is 526 g/mol. The largest absolute Gasteiger partial charge is 0.370 e. The van der Waals surface area contributed by atoms with Crippen molar-refractivity contribution in [3.8, 4) is 0 Å². The summed E-state index contributed by atoms with van der Waals surface area (Å²) in [6.45, 7) is 6.37. The number of alkyl halides is 1. The molecule has 0 saturated carbocycles. The number of nitrogens with one attached hydrogen (secondary N) is 4. The fourth-order valence-corrected chi connectivity index (χ4v) is 3.81. The Morgan fingerprint density at radius 2 is 1.49 bits per heavy atom. The molecule has 10 N–H and O–H groups in total. The van der Waals surface area contributed by atoms with E-state index in [4.69, 9.17) is 23.1 Å². The summed E-state index contributed by atoms with van der Waals surface area (Å²) < 4.78 is 0. The molecule has 0 aliphatic rings. The number of halogens is 1. The van der Waals surface area contributed by atoms with Crippen molar-refractivity contribution in [1.29, 1.82) is 0 Å². The van der Waals surface area contributed by atoms with Crippen LogP contribution in [-0.4, -0.2) is 94.2 Å². The number of nitrogens with two attached hydrogens (primary N) is 2. The maximum Gasteiger partial charge on any atom is 0.243 e. The van der Waals surface area contributed by atoms with Crippen molar-refractivity contribution < 1.29 is 29.4 Å². The first-order valence-electron chi connectivity index (χ1n) is 11.9. The predicted octanol–water partition coefficient (Wildman–Crippen LogP) is -1.65. The Hall–Kier alpha value is -2.29. The second kappa shape index (κ2) is 17.3. The fraction of sp³-hybridized carbons (Fsp3) is 0.773. The van der Waals surface area contributed by atoms with Crippen LogP contribution in [0.2, 0.25) is 0 Å². The highest BCUT2D eigenvalue weighted by atomic mass is 35.5. The fourth-order valence-electron chi connectivity index (χ4n) is 3.11. The normalized spacial score (nSPS) is 14.6. The maximum absolute atomic E-state index is 13.2. The standard InChI is InChI=1S/C22H42ClN7O6S/c1-12(2)17(28-14(4)31)20(34)30-15(7-6-9-26-21(24)25)19(33)29-16(8-10-37-5)18(32)27-13(3)22(35,36)11-23/h12-13,15-17,35-36H,6-11H2,1-5H3,(H,27,32)(H,28,31)(H,29,33)(H,30,34)(H4,24,25,26)/t13-,15-,16-,17-/m0/s1. The molecule has 214 valence electrons. The number of carbonyl (C=O) groups excluding carboxylic acids is 4. The summed E-state index contributed by atoms with van der Waals surface area (Å²) >= 11 is 7.01. The number of carbonyl (C=O) groups is 4. The predicted molar refractivity (Wildman–Crippen MR) is 145 cm³/mol. The Balaban J connectivity index is 5.73. The molecule has 0 aliphatic heterocycles. The first kappa shape index (κ1) is 34.7. The first-order valence-corrected chi connectivity index (χ1v) is 13.8. The number of amides is 4. The molecule has 0 saturated heterocycles. The summed E-state index contributed by atoms with van der Waals surface area (Å²) in [5.41, 5.74) is 10.7. The number of hydrogen-bond acceptors (Lipinski definition) is 8. The van der Waals surface area contributed by atoms with Crippen molar-refractivity contribution in [2.45, 2.75) is 76.9 Å². The quantitative estimate of drug-likeness (QED) is 0.0331. The molecular formula is C22H42ClN7O6S. The SMILES string of the molecule is CSCC[C@H](NC(=O)[C@H](CCCN=C(N)N)NC(=O)[C@@H](NC(C)=O)C(C)C)C(=O)N[C@@H](C)C(O)(O)CCl. The van der Waals surface area contributed by atoms with E-state index < -0.39 is 59.5 Å². The Labute approximate surface area is 227 Å². The van der Waals surface area contributed by atoms with Crippen LogP contribution in [-0.2, 0) is 19.2 Å². The van der Waals surface area contributed by atoms with Crippen LogP contribution in [0.25, 0.3) is 0 Å². The van der Waals surface area contributed by atoms with E-state index in [0.717, 1.165) is 0 Å². The number of nitrogens with zero attached hydrogens (tertiary/aromatic N) is 1. The Morgan fingerprint density at radius 3 is 1.97 bits per heavy atom. The van der Waals surface area contributed by atoms with E-state index >= 15 is 0 Å². The molecule has 0 radical (unpaired) electrons. The van der Waals surface area contributed by atoms with Gasteiger partial charge in [0.05, 0.1) is 11.9 Å². The highest BCUT2D eigenvalue weighted by Gasteiger charge is 2.34. The lowest BCUT2D eigenvalue weighted by molar-refractivity contribution is -0.166. The van der Waals surface area contributed by atoms with E-state index in [0.29, 0.717) is 12.2 Å². The summed E-state index contributed by atoms with van der Waals surface area (Å²) in [4.78, 5) is 54.5. The molecule has 13 nitrogen and oxygen atoms in total. The van der Waals surface area contributed by atoms with Crippen LogP contribution in [0, 0.1) is 5.92 Å². The highest BCUT2D eigenvalue weighted by Crippen LogP contribution is 2.11. The molecule has 0 unspecified atom stereocenters. The lowest BCUT2D eigenvalue weighted by Gasteiger charge is -2.30. The zero-order chi connectivity index (χ0) is 28.8. The molecule has 0 fully saturated rings. The first-order chi connectivity index (χ1) is 17.2. The molecule has 4 amide bonds. The second-order valence-corrected chi connectivity index (χ2v) is 10.3. The number of thioether (sulfide) groups is 1. The number of hydrogen-bond donors (Lipinski definition) is 8. The molecule has 15 heteroatoms. The lowest BCUT2D eigenvalue weighted by Crippen LogP contribution is -2.60. The smallest absolute Gasteiger partial charge is 0.243 e. The van der Waals surface area contributed by atoms with Gasteiger partial charge in [0.2, 0.25) is 23.6 Å². The van der Waals surface area contributed by atoms with Crippen LogP contribution in [0.5, 0.6) is 0 Å². The molecule has 0 bridgehead atoms. The summed E-state index contributed by atoms with van der Waals surface area (Å²) in [5, 5.41) is 30.1. The minimum absolute atomic E-state index is 0.112. The summed E-state index contributed by atoms with van der Waals surface area (Å²) in [6, 6.07) is -4.08. The minimum Gasteiger partial charge on any atom is -0.370 e. The summed E-state index contributed by atoms with van der Waals surface area (Å²) in [6.07, 6.45) is 2.56. The summed E-state index contributed by atoms with van der Waals surface area (Å²) in [5.74, 6) is -4.96. The van der Waals surface area contributed by atoms with Crippen LogP contribution < -0.4 is 32.7 Å². The van der Waals surface area contributed by atoms with Crippen LogP contribution in [0.15, 0.2) is 4.99 Å². The van der Waals surface area contributed by atoms with Gasteiger partial charge in [0.1, 0.15) is 18.1 Å². The lowest BCUT2D eigenvalue weighted by atomic mass is 10.0. The van der Waals surface area contributed by atoms with Crippen molar-refractivity contribution in [2.75, 3.05) is 24.4 Å². The van der Waals surface area contributed by atoms with Gasteiger partial charge in [-0.05, 0) is 44.1 Å². The van der Waals surface area contributed by atoms with E-state index in [2.05, 4.69) is 26.3 Å². The Kier molecular flexibility index (Phi) is 16.2. The van der Waals surface area contributed by atoms with Gasteiger partial charge in [-0.2, -0.15) is 11.8 Å². The van der Waals surface area contributed by atoms with Crippen molar-refractivity contribution >= 4 is 53.0 Å². The van der Waals surface area contributed by atoms with Gasteiger partial charge in [0.25, 0.3) is 0 Å². The van der Waals surface area contributed by atoms with Gasteiger partial charge in [-0.15, -0.1) is 11.6 Å². The van der Waals surface area contributed by atoms with E-state index in [9.17, 15) is 29.4 Å². The third-order valence-electron chi connectivity index (χ3n) is 5.38. The average Bonchev–Trinajstić information content (AvgIpc) is 2.80. The van der Waals surface area contributed by atoms with E-state index in [1.807, 2.05) is 6.26 Å². The van der Waals surface area contributed by atoms with Crippen LogP contribution in [0.1, 0.15) is 47.0 Å². The molecule has 4 atom stereocenters. The second-order valence-electron chi connectivity index (χ2n) is 9.02. The Morgan fingerprint density at radius 1 is 0.946 bits per heavy atom. The minimum atomic E-state index is -2.34. The van der Waals surface area contributed by atoms with Crippen LogP contribution in [0.3, 0.4) is 0 Å². The molecule has 0 heterocycles. The number of guanidine groups is 1. The Bertz CT molecular complexity index is 795. The van der Waals surface area contributed by atoms with Gasteiger partial charge >= 0.3 is 0 Å². The number of aliphatic hydroxyl groups is 2. The van der Waals surface area contributed by atoms with E-state index in [-0.39, 0.29) is 31.3 Å². The average molecular weight is 568 g/mol. The van der Waals surface area contributed by atoms with Gasteiger partial charge in [-0.3, -0.25) is 24.2 Å². The monoisotopic (exact) mass is 567 g/mol. The number of rotatable bonds is 17. The van der Waals surface area contributed by atoms with Crippen molar-refractivity contribution in [3.05, 3.63) is 0 Å².